The van der Waals surface area contributed by atoms with Crippen LogP contribution < -0.4 is 10.6 Å². The number of aliphatic imine (C=N–C) groups is 1. The molecule has 1 unspecified atom stereocenters. The number of alkyl carbamates (subject to hydrolysis) is 1. The van der Waals surface area contributed by atoms with Crippen molar-refractivity contribution < 1.29 is 36.6 Å². The maximum Gasteiger partial charge on any atom is 0.408 e. The van der Waals surface area contributed by atoms with Crippen molar-refractivity contribution in [1.82, 2.24) is 10.6 Å². The maximum atomic E-state index is 14.3. The molecule has 0 fully saturated rings. The molecule has 11 heteroatoms. The highest BCUT2D eigenvalue weighted by atomic mass is 19.4. The lowest BCUT2D eigenvalue weighted by Gasteiger charge is -2.25. The van der Waals surface area contributed by atoms with E-state index in [9.17, 15) is 31.9 Å². The van der Waals surface area contributed by atoms with Gasteiger partial charge in [-0.25, -0.2) is 13.6 Å². The molecule has 1 amide bonds. The van der Waals surface area contributed by atoms with Crippen LogP contribution in [-0.4, -0.2) is 54.0 Å². The molecule has 0 aromatic heterocycles. The quantitative estimate of drug-likeness (QED) is 0.574. The van der Waals surface area contributed by atoms with Gasteiger partial charge in [-0.05, 0) is 45.2 Å². The molecule has 0 saturated heterocycles. The highest BCUT2D eigenvalue weighted by Gasteiger charge is 2.32. The van der Waals surface area contributed by atoms with Gasteiger partial charge in [-0.15, -0.1) is 0 Å². The molecule has 0 saturated carbocycles. The fourth-order valence-corrected chi connectivity index (χ4v) is 3.34. The van der Waals surface area contributed by atoms with Gasteiger partial charge >= 0.3 is 12.3 Å². The Morgan fingerprint density at radius 2 is 1.94 bits per heavy atom. The summed E-state index contributed by atoms with van der Waals surface area (Å²) < 4.78 is 70.6. The van der Waals surface area contributed by atoms with Crippen molar-refractivity contribution in [3.63, 3.8) is 0 Å². The SMILES string of the molecule is CC(C)(C)OC(=O)N[C@@H]1CC[C@@H](c2cccc(F)c2F)CN=C1NCC(O)CC(F)(F)F. The van der Waals surface area contributed by atoms with E-state index in [1.54, 1.807) is 20.8 Å². The fourth-order valence-electron chi connectivity index (χ4n) is 3.34. The van der Waals surface area contributed by atoms with E-state index < -0.39 is 60.5 Å². The van der Waals surface area contributed by atoms with Crippen LogP contribution in [0.5, 0.6) is 0 Å². The Morgan fingerprint density at radius 3 is 2.56 bits per heavy atom. The number of alkyl halides is 3. The van der Waals surface area contributed by atoms with Gasteiger partial charge in [0.15, 0.2) is 11.6 Å². The van der Waals surface area contributed by atoms with Crippen molar-refractivity contribution in [2.75, 3.05) is 13.1 Å². The molecule has 0 radical (unpaired) electrons. The van der Waals surface area contributed by atoms with Crippen LogP contribution in [-0.2, 0) is 4.74 Å². The largest absolute Gasteiger partial charge is 0.444 e. The van der Waals surface area contributed by atoms with Gasteiger partial charge in [0, 0.05) is 19.0 Å². The number of carbonyl (C=O) groups excluding carboxylic acids is 1. The van der Waals surface area contributed by atoms with E-state index in [2.05, 4.69) is 15.6 Å². The second-order valence-electron chi connectivity index (χ2n) is 8.70. The van der Waals surface area contributed by atoms with Gasteiger partial charge in [0.2, 0.25) is 0 Å². The predicted molar refractivity (Wildman–Crippen MR) is 108 cm³/mol. The normalized spacial score (nSPS) is 20.7. The van der Waals surface area contributed by atoms with E-state index in [-0.39, 0.29) is 24.4 Å². The number of amidine groups is 1. The molecule has 32 heavy (non-hydrogen) atoms. The summed E-state index contributed by atoms with van der Waals surface area (Å²) >= 11 is 0. The summed E-state index contributed by atoms with van der Waals surface area (Å²) in [6, 6.07) is 3.05. The van der Waals surface area contributed by atoms with Crippen LogP contribution in [0.3, 0.4) is 0 Å². The van der Waals surface area contributed by atoms with Crippen LogP contribution in [0.25, 0.3) is 0 Å². The number of amides is 1. The minimum Gasteiger partial charge on any atom is -0.444 e. The molecule has 1 aliphatic heterocycles. The number of halogens is 5. The monoisotopic (exact) mass is 465 g/mol. The highest BCUT2D eigenvalue weighted by Crippen LogP contribution is 2.28. The van der Waals surface area contributed by atoms with Crippen LogP contribution in [0.4, 0.5) is 26.7 Å². The Bertz CT molecular complexity index is 824. The first-order valence-electron chi connectivity index (χ1n) is 10.2. The third-order valence-corrected chi connectivity index (χ3v) is 4.71. The van der Waals surface area contributed by atoms with E-state index in [1.807, 2.05) is 0 Å². The van der Waals surface area contributed by atoms with E-state index in [1.165, 1.54) is 12.1 Å². The minimum atomic E-state index is -4.54. The Kier molecular flexibility index (Phi) is 8.44. The van der Waals surface area contributed by atoms with Crippen molar-refractivity contribution in [2.24, 2.45) is 4.99 Å². The first-order chi connectivity index (χ1) is 14.7. The lowest BCUT2D eigenvalue weighted by Crippen LogP contribution is -2.49. The average Bonchev–Trinajstić information content (AvgIpc) is 2.82. The first kappa shape index (κ1) is 25.8. The molecule has 2 rings (SSSR count). The molecule has 0 bridgehead atoms. The molecule has 1 aliphatic rings. The zero-order valence-corrected chi connectivity index (χ0v) is 18.1. The zero-order valence-electron chi connectivity index (χ0n) is 18.1. The second kappa shape index (κ2) is 10.5. The van der Waals surface area contributed by atoms with Crippen LogP contribution in [0.15, 0.2) is 23.2 Å². The molecule has 1 aromatic rings. The van der Waals surface area contributed by atoms with Crippen molar-refractivity contribution in [2.45, 2.75) is 69.9 Å². The first-order valence-corrected chi connectivity index (χ1v) is 10.2. The molecule has 1 heterocycles. The molecular weight excluding hydrogens is 437 g/mol. The van der Waals surface area contributed by atoms with Crippen molar-refractivity contribution in [1.29, 1.82) is 0 Å². The number of hydrogen-bond donors (Lipinski definition) is 3. The summed E-state index contributed by atoms with van der Waals surface area (Å²) in [6.45, 7) is 4.57. The summed E-state index contributed by atoms with van der Waals surface area (Å²) in [5.41, 5.74) is -0.654. The zero-order chi connectivity index (χ0) is 24.1. The van der Waals surface area contributed by atoms with Crippen LogP contribution in [0, 0.1) is 11.6 Å². The summed E-state index contributed by atoms with van der Waals surface area (Å²) in [5.74, 6) is -2.35. The van der Waals surface area contributed by atoms with Gasteiger partial charge in [0.1, 0.15) is 11.4 Å². The number of carbonyl (C=O) groups is 1. The number of hydrogen-bond acceptors (Lipinski definition) is 5. The van der Waals surface area contributed by atoms with E-state index in [4.69, 9.17) is 4.74 Å². The third-order valence-electron chi connectivity index (χ3n) is 4.71. The van der Waals surface area contributed by atoms with Crippen LogP contribution in [0.2, 0.25) is 0 Å². The number of benzene rings is 1. The number of aliphatic hydroxyl groups excluding tert-OH is 1. The molecule has 0 spiro atoms. The number of ether oxygens (including phenoxy) is 1. The topological polar surface area (TPSA) is 83.0 Å². The smallest absolute Gasteiger partial charge is 0.408 e. The Balaban J connectivity index is 2.18. The predicted octanol–water partition coefficient (Wildman–Crippen LogP) is 4.04. The standard InChI is InChI=1S/C21H28F5N3O3/c1-20(2,3)32-19(31)29-16-8-7-12(14-5-4-6-15(22)17(14)23)10-27-18(16)28-11-13(30)9-21(24,25)26/h4-6,12-13,16,30H,7-11H2,1-3H3,(H,27,28)(H,29,31)/t12-,13?,16-/m1/s1. The van der Waals surface area contributed by atoms with Gasteiger partial charge in [-0.2, -0.15) is 13.2 Å². The number of rotatable bonds is 5. The Morgan fingerprint density at radius 1 is 1.25 bits per heavy atom. The molecule has 6 nitrogen and oxygen atoms in total. The molecule has 3 atom stereocenters. The number of nitrogens with zero attached hydrogens (tertiary/aromatic N) is 1. The molecule has 180 valence electrons. The highest BCUT2D eigenvalue weighted by molar-refractivity contribution is 5.90. The minimum absolute atomic E-state index is 0.0184. The Labute approximate surface area is 183 Å². The van der Waals surface area contributed by atoms with Crippen LogP contribution in [0.1, 0.15) is 51.5 Å². The van der Waals surface area contributed by atoms with Gasteiger partial charge in [0.25, 0.3) is 0 Å². The maximum absolute atomic E-state index is 14.3. The molecule has 3 N–H and O–H groups in total. The summed E-state index contributed by atoms with van der Waals surface area (Å²) in [5, 5.41) is 14.9. The molecular formula is C21H28F5N3O3. The third kappa shape index (κ3) is 8.25. The second-order valence-corrected chi connectivity index (χ2v) is 8.70. The van der Waals surface area contributed by atoms with E-state index in [0.717, 1.165) is 6.07 Å². The summed E-state index contributed by atoms with van der Waals surface area (Å²) in [6.07, 6.45) is -7.88. The lowest BCUT2D eigenvalue weighted by molar-refractivity contribution is -0.152. The molecule has 1 aromatic carbocycles. The average molecular weight is 465 g/mol. The fraction of sp³-hybridized carbons (Fsp3) is 0.619. The van der Waals surface area contributed by atoms with Gasteiger partial charge in [-0.1, -0.05) is 12.1 Å². The van der Waals surface area contributed by atoms with Gasteiger partial charge < -0.3 is 20.5 Å². The Hall–Kier alpha value is -2.43. The van der Waals surface area contributed by atoms with Gasteiger partial charge in [0.05, 0.1) is 18.6 Å². The van der Waals surface area contributed by atoms with E-state index in [0.29, 0.717) is 6.42 Å². The van der Waals surface area contributed by atoms with E-state index >= 15 is 0 Å². The summed E-state index contributed by atoms with van der Waals surface area (Å²) in [7, 11) is 0. The van der Waals surface area contributed by atoms with Crippen molar-refractivity contribution in [3.8, 4) is 0 Å². The van der Waals surface area contributed by atoms with Gasteiger partial charge in [-0.3, -0.25) is 4.99 Å². The van der Waals surface area contributed by atoms with Crippen LogP contribution >= 0.6 is 0 Å². The van der Waals surface area contributed by atoms with Crippen molar-refractivity contribution >= 4 is 11.9 Å². The molecule has 0 aliphatic carbocycles. The summed E-state index contributed by atoms with van der Waals surface area (Å²) in [4.78, 5) is 16.5. The van der Waals surface area contributed by atoms with Crippen molar-refractivity contribution in [3.05, 3.63) is 35.4 Å². The number of aliphatic hydroxyl groups is 1. The lowest BCUT2D eigenvalue weighted by atomic mass is 9.93. The number of nitrogens with one attached hydrogen (secondary N) is 2.